The van der Waals surface area contributed by atoms with Crippen LogP contribution in [-0.4, -0.2) is 155 Å². The summed E-state index contributed by atoms with van der Waals surface area (Å²) in [4.78, 5) is 76.1. The fourth-order valence-corrected chi connectivity index (χ4v) is 14.7. The van der Waals surface area contributed by atoms with E-state index in [-0.39, 0.29) is 28.3 Å². The van der Waals surface area contributed by atoms with Crippen LogP contribution in [0.1, 0.15) is 142 Å². The number of alkyl halides is 2. The summed E-state index contributed by atoms with van der Waals surface area (Å²) < 4.78 is 157. The first-order chi connectivity index (χ1) is 49.7. The number of rotatable bonds is 23. The third kappa shape index (κ3) is 29.2. The molecule has 7 N–H and O–H groups in total. The van der Waals surface area contributed by atoms with Crippen LogP contribution in [0.25, 0.3) is 0 Å². The largest absolute Gasteiger partial charge is 0.906 e. The van der Waals surface area contributed by atoms with Crippen LogP contribution in [0, 0.1) is 42.9 Å². The minimum atomic E-state index is -4.91. The number of halogens is 7. The molecule has 600 valence electrons. The molecule has 0 bridgehead atoms. The number of carbonyl (C=O) groups is 2. The van der Waals surface area contributed by atoms with Gasteiger partial charge in [0.05, 0.1) is 25.4 Å². The Bertz CT molecular complexity index is 4200. The maximum absolute atomic E-state index is 14.0. The van der Waals surface area contributed by atoms with Crippen molar-refractivity contribution in [1.82, 2.24) is 34.3 Å². The molecule has 0 spiro atoms. The molecule has 3 aromatic carbocycles. The van der Waals surface area contributed by atoms with Gasteiger partial charge in [0.2, 0.25) is 34.8 Å². The van der Waals surface area contributed by atoms with Gasteiger partial charge in [-0.25, -0.2) is 31.9 Å². The van der Waals surface area contributed by atoms with E-state index >= 15 is 0 Å². The molecule has 108 heavy (non-hydrogen) atoms. The SMILES string of the molecule is CC(C)(C)[O][Al]([O]C(C)(C)C)[O]C(C)(C)C.CC(C)OC(=O)[C@@H](C)N[P@@](=O)(OC[C@H]1O[C@@H](n2ccc(=O)[nH]c2=O)[C@](C)(Cl)[C@@H]1O)Oc1ccccc1.CC(C)OC(=O)[C@@H](C)N[P@@](=O)(Oc1ccccc1)Oc1c(F)c(F)c(F)c(F)c1F.C[C@@]1(Cl)[C@H](O)[C@@H](CO)O[C@H]1n1ccc(=O)[nH]c1=O.Cc1cccc(C)n1. The second-order valence-corrected chi connectivity index (χ2v) is 34.4. The van der Waals surface area contributed by atoms with Gasteiger partial charge >= 0.3 is 54.0 Å². The molecule has 12 atom stereocenters. The molecule has 0 saturated carbocycles. The van der Waals surface area contributed by atoms with Gasteiger partial charge < -0.3 is 59.2 Å². The minimum Gasteiger partial charge on any atom is -0.462 e. The molecule has 6 aromatic rings. The molecule has 8 rings (SSSR count). The van der Waals surface area contributed by atoms with Crippen LogP contribution in [0.3, 0.4) is 0 Å². The number of hydrogen-bond donors (Lipinski definition) is 7. The molecule has 2 aliphatic heterocycles. The maximum atomic E-state index is 14.0. The molecule has 2 saturated heterocycles. The Balaban J connectivity index is 0.000000306. The van der Waals surface area contributed by atoms with Crippen molar-refractivity contribution in [1.29, 1.82) is 0 Å². The summed E-state index contributed by atoms with van der Waals surface area (Å²) in [5.41, 5.74) is -1.13. The zero-order valence-electron chi connectivity index (χ0n) is 63.1. The van der Waals surface area contributed by atoms with Crippen molar-refractivity contribution in [3.63, 3.8) is 0 Å². The summed E-state index contributed by atoms with van der Waals surface area (Å²) in [6, 6.07) is 21.0. The third-order valence-electron chi connectivity index (χ3n) is 14.0. The predicted molar refractivity (Wildman–Crippen MR) is 390 cm³/mol. The van der Waals surface area contributed by atoms with Crippen LogP contribution in [-0.2, 0) is 53.6 Å². The number of hydrogen-bond acceptors (Lipinski definition) is 23. The lowest BCUT2D eigenvalue weighted by Crippen LogP contribution is -2.44. The van der Waals surface area contributed by atoms with Gasteiger partial charge in [-0.15, -0.1) is 23.2 Å². The Morgan fingerprint density at radius 3 is 1.26 bits per heavy atom. The summed E-state index contributed by atoms with van der Waals surface area (Å²) >= 11 is 10.6. The van der Waals surface area contributed by atoms with E-state index in [0.717, 1.165) is 32.7 Å². The van der Waals surface area contributed by atoms with E-state index in [0.29, 0.717) is 0 Å². The van der Waals surface area contributed by atoms with E-state index in [1.807, 2.05) is 94.4 Å². The number of para-hydroxylation sites is 2. The Morgan fingerprint density at radius 1 is 0.574 bits per heavy atom. The number of nitrogens with zero attached hydrogens (tertiary/aromatic N) is 3. The monoisotopic (exact) mass is 1630 g/mol. The van der Waals surface area contributed by atoms with Gasteiger partial charge in [-0.2, -0.15) is 19.0 Å². The lowest BCUT2D eigenvalue weighted by Gasteiger charge is -2.33. The first-order valence-corrected chi connectivity index (χ1v) is 38.7. The second kappa shape index (κ2) is 40.0. The van der Waals surface area contributed by atoms with Crippen molar-refractivity contribution < 1.29 is 104 Å². The normalized spacial score (nSPS) is 21.5. The standard InChI is InChI=1S/C22H29ClN3O9P.C18H17F5NO5P.C10H13ClN2O5.C7H9N.3C4H9O.Al/c1-13(2)33-19(29)14(3)25-36(31,35-15-8-6-5-7-9-15)32-12-16-18(28)22(4,23)20(34-16)26-11-10-17(27)24-21(26)30;1-9(2)27-18(25)10(3)24-30(26,28-11-7-5-4-6-8-11)29-17-15(22)13(20)12(19)14(21)16(17)23;1-10(11)7(16)5(4-14)18-8(10)13-3-2-6(15)12-9(13)17;1-6-4-3-5-7(2)8-6;3*1-4(2,3)5;/h5-11,13-14,16,18,20,28H,12H2,1-4H3,(H,25,31)(H,24,27,30);4-10H,1-3H3,(H,24,26);2-3,5,7-8,14,16H,4H2,1H3,(H,12,15,17);3-5H,1-2H3;3*1-3H3;/q;;;;3*-1;+3/t14-,16-,18-,20-,22-,36-;10-,30-;5-,7-,8-,10-;;;;;/m111...../s1. The molecule has 0 amide bonds. The van der Waals surface area contributed by atoms with Gasteiger partial charge in [-0.1, -0.05) is 42.5 Å². The molecule has 2 fully saturated rings. The zero-order chi connectivity index (χ0) is 82.0. The highest BCUT2D eigenvalue weighted by Gasteiger charge is 2.55. The van der Waals surface area contributed by atoms with Crippen LogP contribution in [0.2, 0.25) is 0 Å². The number of aromatic amines is 2. The molecule has 0 aliphatic carbocycles. The number of aromatic nitrogens is 5. The molecular weight excluding hydrogens is 1530 g/mol. The minimum absolute atomic E-state index is 0.137. The van der Waals surface area contributed by atoms with Crippen molar-refractivity contribution in [3.8, 4) is 17.2 Å². The quantitative estimate of drug-likeness (QED) is 0.00596. The van der Waals surface area contributed by atoms with Crippen molar-refractivity contribution in [2.24, 2.45) is 0 Å². The van der Waals surface area contributed by atoms with Gasteiger partial charge in [-0.05, 0) is 168 Å². The smallest absolute Gasteiger partial charge is 0.462 e. The van der Waals surface area contributed by atoms with E-state index in [9.17, 15) is 70.1 Å². The van der Waals surface area contributed by atoms with Crippen molar-refractivity contribution in [2.45, 2.75) is 219 Å². The lowest BCUT2D eigenvalue weighted by molar-refractivity contribution is -0.150. The predicted octanol–water partition coefficient (Wildman–Crippen LogP) is 10.7. The van der Waals surface area contributed by atoms with Gasteiger partial charge in [0, 0.05) is 52.7 Å². The van der Waals surface area contributed by atoms with Crippen LogP contribution in [0.4, 0.5) is 22.0 Å². The Morgan fingerprint density at radius 2 is 0.926 bits per heavy atom. The third-order valence-corrected chi connectivity index (χ3v) is 20.8. The average molecular weight is 1630 g/mol. The van der Waals surface area contributed by atoms with E-state index in [2.05, 4.69) is 29.7 Å². The zero-order valence-corrected chi connectivity index (χ0v) is 67.5. The number of aliphatic hydroxyl groups excluding tert-OH is 3. The number of benzene rings is 3. The van der Waals surface area contributed by atoms with E-state index in [1.165, 1.54) is 78.2 Å². The Kier molecular flexibility index (Phi) is 34.7. The summed E-state index contributed by atoms with van der Waals surface area (Å²) in [5, 5.41) is 34.4. The average Bonchev–Trinajstić information content (AvgIpc) is 1.59. The van der Waals surface area contributed by atoms with Crippen LogP contribution in [0.15, 0.2) is 123 Å². The fraction of sp³-hybridized carbons (Fsp3) is 0.522. The molecule has 39 heteroatoms. The number of esters is 2. The number of nitrogens with one attached hydrogen (secondary N) is 4. The number of aryl methyl sites for hydroxylation is 2. The van der Waals surface area contributed by atoms with Crippen molar-refractivity contribution in [3.05, 3.63) is 186 Å². The lowest BCUT2D eigenvalue weighted by atomic mass is 10.0. The van der Waals surface area contributed by atoms with E-state index in [1.54, 1.807) is 50.2 Å². The highest BCUT2D eigenvalue weighted by Crippen LogP contribution is 2.50. The first-order valence-electron chi connectivity index (χ1n) is 33.5. The molecule has 0 radical (unpaired) electrons. The first kappa shape index (κ1) is 93.7. The number of pyridine rings is 1. The summed E-state index contributed by atoms with van der Waals surface area (Å²) in [5.74, 6) is -15.1. The van der Waals surface area contributed by atoms with Gasteiger partial charge in [0.1, 0.15) is 57.7 Å². The summed E-state index contributed by atoms with van der Waals surface area (Å²) in [7, 11) is -9.14. The Hall–Kier alpha value is -6.71. The number of carbonyl (C=O) groups excluding carboxylic acids is 2. The molecule has 3 aromatic heterocycles. The summed E-state index contributed by atoms with van der Waals surface area (Å²) in [6.45, 7) is 33.2. The highest BCUT2D eigenvalue weighted by atomic mass is 35.5. The number of ether oxygens (including phenoxy) is 4. The van der Waals surface area contributed by atoms with Gasteiger partial charge in [-0.3, -0.25) is 47.8 Å². The molecule has 29 nitrogen and oxygen atoms in total. The number of H-pyrrole nitrogens is 2. The van der Waals surface area contributed by atoms with Crippen LogP contribution < -0.4 is 46.2 Å². The molecule has 2 aliphatic rings. The van der Waals surface area contributed by atoms with E-state index in [4.69, 9.17) is 72.2 Å². The molecule has 0 unspecified atom stereocenters. The van der Waals surface area contributed by atoms with Crippen LogP contribution >= 0.6 is 38.7 Å². The van der Waals surface area contributed by atoms with Crippen LogP contribution in [0.5, 0.6) is 17.2 Å². The molecule has 5 heterocycles. The van der Waals surface area contributed by atoms with Gasteiger partial charge in [0.15, 0.2) is 12.5 Å². The van der Waals surface area contributed by atoms with Gasteiger partial charge in [0.25, 0.3) is 11.1 Å². The number of aliphatic hydroxyl groups is 3. The van der Waals surface area contributed by atoms with E-state index < -0.39 is 184 Å². The highest BCUT2D eigenvalue weighted by molar-refractivity contribution is 7.52. The Labute approximate surface area is 636 Å². The maximum Gasteiger partial charge on any atom is 0.906 e. The van der Waals surface area contributed by atoms with Crippen molar-refractivity contribution >= 4 is 65.8 Å². The topological polar surface area (TPSA) is 377 Å². The second-order valence-electron chi connectivity index (χ2n) is 28.1. The van der Waals surface area contributed by atoms with Crippen molar-refractivity contribution in [2.75, 3.05) is 13.2 Å². The fourth-order valence-electron chi connectivity index (χ4n) is 9.16. The summed E-state index contributed by atoms with van der Waals surface area (Å²) in [6.07, 6.45) is -5.22. The molecular formula is C69H95AlCl2F5N7O22P2.